The lowest BCUT2D eigenvalue weighted by molar-refractivity contribution is -0.538. The molecule has 0 aliphatic heterocycles. The Morgan fingerprint density at radius 2 is 1.33 bits per heavy atom. The second-order valence-electron chi connectivity index (χ2n) is 14.5. The number of rotatable bonds is 13. The number of para-hydroxylation sites is 2. The monoisotopic (exact) mass is 716 g/mol. The number of anilines is 3. The summed E-state index contributed by atoms with van der Waals surface area (Å²) in [6.07, 6.45) is 9.85. The number of aryl methyl sites for hydroxylation is 3. The molecule has 0 unspecified atom stereocenters. The van der Waals surface area contributed by atoms with Crippen LogP contribution in [0.4, 0.5) is 34.1 Å². The van der Waals surface area contributed by atoms with E-state index in [2.05, 4.69) is 107 Å². The van der Waals surface area contributed by atoms with Crippen LogP contribution in [-0.4, -0.2) is 23.8 Å². The molecule has 0 amide bonds. The van der Waals surface area contributed by atoms with E-state index < -0.39 is 0 Å². The number of allylic oxidation sites excluding steroid dienone is 3. The third kappa shape index (κ3) is 8.29. The number of nitrogen functional groups attached to an aromatic ring is 2. The summed E-state index contributed by atoms with van der Waals surface area (Å²) in [6, 6.07) is 33.5. The molecule has 6 aromatic rings. The molecule has 1 aromatic heterocycles. The topological polar surface area (TPSA) is 122 Å². The highest BCUT2D eigenvalue weighted by Crippen LogP contribution is 2.30. The first-order valence-electron chi connectivity index (χ1n) is 19.1. The van der Waals surface area contributed by atoms with Crippen molar-refractivity contribution in [3.05, 3.63) is 137 Å². The van der Waals surface area contributed by atoms with E-state index in [0.29, 0.717) is 0 Å². The van der Waals surface area contributed by atoms with E-state index in [1.807, 2.05) is 50.2 Å². The molecule has 8 heteroatoms. The van der Waals surface area contributed by atoms with Gasteiger partial charge >= 0.3 is 0 Å². The molecule has 1 aliphatic rings. The van der Waals surface area contributed by atoms with Gasteiger partial charge in [-0.2, -0.15) is 0 Å². The highest BCUT2D eigenvalue weighted by atomic mass is 15.0. The zero-order valence-corrected chi connectivity index (χ0v) is 31.9. The zero-order chi connectivity index (χ0) is 37.6. The highest BCUT2D eigenvalue weighted by Gasteiger charge is 2.22. The van der Waals surface area contributed by atoms with E-state index in [-0.39, 0.29) is 0 Å². The van der Waals surface area contributed by atoms with Gasteiger partial charge in [-0.05, 0) is 99.2 Å². The number of nitrogens with zero attached hydrogens (tertiary/aromatic N) is 3. The van der Waals surface area contributed by atoms with Gasteiger partial charge in [0.1, 0.15) is 22.4 Å². The van der Waals surface area contributed by atoms with E-state index in [4.69, 9.17) is 21.4 Å². The molecule has 8 N–H and O–H groups in total. The molecule has 54 heavy (non-hydrogen) atoms. The summed E-state index contributed by atoms with van der Waals surface area (Å²) in [4.78, 5) is 10.1. The van der Waals surface area contributed by atoms with Gasteiger partial charge < -0.3 is 22.1 Å². The maximum atomic E-state index is 6.39. The maximum absolute atomic E-state index is 6.39. The first-order chi connectivity index (χ1) is 26.2. The predicted octanol–water partition coefficient (Wildman–Crippen LogP) is 8.85. The van der Waals surface area contributed by atoms with Crippen LogP contribution in [0.5, 0.6) is 0 Å². The Morgan fingerprint density at radius 3 is 2.06 bits per heavy atom. The van der Waals surface area contributed by atoms with E-state index in [1.54, 1.807) is 0 Å². The summed E-state index contributed by atoms with van der Waals surface area (Å²) < 4.78 is 2.28. The fraction of sp³-hybridized carbons (Fsp3) is 0.239. The average molecular weight is 717 g/mol. The number of nitrogens with one attached hydrogen (secondary N) is 2. The molecule has 0 radical (unpaired) electrons. The summed E-state index contributed by atoms with van der Waals surface area (Å²) in [5.41, 5.74) is 30.3. The summed E-state index contributed by atoms with van der Waals surface area (Å²) in [6.45, 7) is 10.3. The molecule has 274 valence electrons. The number of aromatic nitrogens is 2. The van der Waals surface area contributed by atoms with Gasteiger partial charge in [0.2, 0.25) is 16.7 Å². The molecule has 0 atom stereocenters. The minimum atomic E-state index is 0.771. The van der Waals surface area contributed by atoms with E-state index in [0.717, 1.165) is 111 Å². The molecule has 0 bridgehead atoms. The van der Waals surface area contributed by atoms with E-state index in [1.165, 1.54) is 29.7 Å². The number of aliphatic imine (C=N–C) groups is 1. The number of nitrogens with two attached hydrogens (primary N) is 3. The molecular weight excluding hydrogens is 665 g/mol. The Kier molecular flexibility index (Phi) is 11.0. The molecule has 1 aliphatic carbocycles. The number of hydrogen-bond acceptors (Lipinski definition) is 6. The van der Waals surface area contributed by atoms with Crippen molar-refractivity contribution in [2.75, 3.05) is 29.9 Å². The molecule has 0 saturated heterocycles. The molecule has 5 aromatic carbocycles. The summed E-state index contributed by atoms with van der Waals surface area (Å²) in [7, 11) is 0. The summed E-state index contributed by atoms with van der Waals surface area (Å²) >= 11 is 0. The smallest absolute Gasteiger partial charge is 0.239 e. The van der Waals surface area contributed by atoms with Gasteiger partial charge in [-0.25, -0.2) is 9.98 Å². The van der Waals surface area contributed by atoms with E-state index >= 15 is 0 Å². The van der Waals surface area contributed by atoms with Crippen molar-refractivity contribution in [3.63, 3.8) is 0 Å². The molecule has 0 saturated carbocycles. The Hall–Kier alpha value is -5.99. The van der Waals surface area contributed by atoms with Crippen LogP contribution >= 0.6 is 0 Å². The molecule has 0 fully saturated rings. The third-order valence-electron chi connectivity index (χ3n) is 10.3. The lowest BCUT2D eigenvalue weighted by atomic mass is 10.0. The first-order valence-corrected chi connectivity index (χ1v) is 19.1. The van der Waals surface area contributed by atoms with Crippen LogP contribution in [0.3, 0.4) is 0 Å². The van der Waals surface area contributed by atoms with Gasteiger partial charge in [0.25, 0.3) is 0 Å². The Morgan fingerprint density at radius 1 is 0.704 bits per heavy atom. The summed E-state index contributed by atoms with van der Waals surface area (Å²) in [5, 5.41) is 9.55. The van der Waals surface area contributed by atoms with E-state index in [9.17, 15) is 0 Å². The van der Waals surface area contributed by atoms with Crippen molar-refractivity contribution in [2.24, 2.45) is 4.99 Å². The second-order valence-corrected chi connectivity index (χ2v) is 14.5. The van der Waals surface area contributed by atoms with Crippen molar-refractivity contribution >= 4 is 61.9 Å². The van der Waals surface area contributed by atoms with Gasteiger partial charge in [-0.3, -0.25) is 5.32 Å². The fourth-order valence-electron chi connectivity index (χ4n) is 7.14. The van der Waals surface area contributed by atoms with Crippen molar-refractivity contribution in [3.8, 4) is 5.69 Å². The minimum absolute atomic E-state index is 0.771. The summed E-state index contributed by atoms with van der Waals surface area (Å²) in [5.74, 6) is 0. The van der Waals surface area contributed by atoms with Crippen LogP contribution in [0.15, 0.2) is 125 Å². The number of hydrogen-bond donors (Lipinski definition) is 5. The highest BCUT2D eigenvalue weighted by molar-refractivity contribution is 6.00. The van der Waals surface area contributed by atoms with Crippen LogP contribution in [0.25, 0.3) is 27.8 Å². The standard InChI is InChI=1S/C46H50N8/c1-30-24-41(42(27-37(30)47)51-34-15-9-7-10-16-34)52-35-19-20-39(32(3)23-35)49-21-13-5-6-14-22-50-40-29-46-44(26-33(40)4)53-43-25-31(2)38(48)28-45(43)54(46)36-17-11-8-12-18-36/h7-12,15-18,20,23-29,49,51H,5-6,13-14,19,21-22,47H2,1-4H3,(H2,48,50)/p+2. The van der Waals surface area contributed by atoms with Gasteiger partial charge in [0.15, 0.2) is 5.69 Å². The Bertz CT molecular complexity index is 2390. The molecule has 1 heterocycles. The van der Waals surface area contributed by atoms with Crippen LogP contribution in [0.2, 0.25) is 0 Å². The molecule has 0 spiro atoms. The van der Waals surface area contributed by atoms with Gasteiger partial charge in [0, 0.05) is 78.3 Å². The lowest BCUT2D eigenvalue weighted by Gasteiger charge is -2.17. The quantitative estimate of drug-likeness (QED) is 0.0354. The number of fused-ring (bicyclic) bond motifs is 2. The Labute approximate surface area is 318 Å². The van der Waals surface area contributed by atoms with Crippen molar-refractivity contribution in [2.45, 2.75) is 59.8 Å². The largest absolute Gasteiger partial charge is 0.398 e. The van der Waals surface area contributed by atoms with Gasteiger partial charge in [0.05, 0.1) is 0 Å². The van der Waals surface area contributed by atoms with Crippen LogP contribution in [0, 0.1) is 20.8 Å². The van der Waals surface area contributed by atoms with Crippen molar-refractivity contribution in [1.29, 1.82) is 0 Å². The third-order valence-corrected chi connectivity index (χ3v) is 10.3. The van der Waals surface area contributed by atoms with Gasteiger partial charge in [-0.15, -0.1) is 4.57 Å². The molecular formula is C46H52N8+2. The molecule has 8 nitrogen and oxygen atoms in total. The normalized spacial score (nSPS) is 13.7. The zero-order valence-electron chi connectivity index (χ0n) is 31.9. The molecule has 7 rings (SSSR count). The van der Waals surface area contributed by atoms with Crippen LogP contribution in [-0.2, 0) is 0 Å². The number of benzene rings is 5. The second kappa shape index (κ2) is 16.4. The SMILES string of the molecule is CC1=CC(=Nc2cc(C)c(N)cc2[NH2+]c2ccccc2)CC=C1NCCCCCCNc1cc2c(cc1C)nc1cc(C)c(N)cc1[n+]2-c1ccccc1. The minimum Gasteiger partial charge on any atom is -0.398 e. The van der Waals surface area contributed by atoms with Crippen molar-refractivity contribution < 1.29 is 9.88 Å². The fourth-order valence-corrected chi connectivity index (χ4v) is 7.14. The maximum Gasteiger partial charge on any atom is 0.239 e. The number of quaternary nitrogens is 1. The van der Waals surface area contributed by atoms with Gasteiger partial charge in [-0.1, -0.05) is 55.3 Å². The Balaban J connectivity index is 0.917. The van der Waals surface area contributed by atoms with Crippen LogP contribution < -0.4 is 32.0 Å². The average Bonchev–Trinajstić information content (AvgIpc) is 3.16. The predicted molar refractivity (Wildman–Crippen MR) is 226 cm³/mol. The number of unbranched alkanes of at least 4 members (excludes halogenated alkanes) is 3. The first kappa shape index (κ1) is 36.4. The van der Waals surface area contributed by atoms with Crippen molar-refractivity contribution in [1.82, 2.24) is 10.3 Å². The lowest BCUT2D eigenvalue weighted by Crippen LogP contribution is -2.71. The van der Waals surface area contributed by atoms with Crippen LogP contribution in [0.1, 0.15) is 55.7 Å².